The Labute approximate surface area is 335 Å². The summed E-state index contributed by atoms with van der Waals surface area (Å²) in [4.78, 5) is 22.7. The molecular weight excluding hydrogens is 760 g/mol. The van der Waals surface area contributed by atoms with E-state index in [1.54, 1.807) is 0 Å². The number of likely N-dealkylation sites (N-methyl/N-ethyl adjacent to an activating group) is 1. The van der Waals surface area contributed by atoms with Crippen molar-refractivity contribution in [3.05, 3.63) is 38.4 Å². The van der Waals surface area contributed by atoms with Gasteiger partial charge in [-0.05, 0) is 20.2 Å². The Morgan fingerprint density at radius 3 is 0.982 bits per heavy atom. The molecule has 0 spiro atoms. The van der Waals surface area contributed by atoms with E-state index in [0.29, 0.717) is 165 Å². The number of nitro groups is 2. The van der Waals surface area contributed by atoms with Crippen LogP contribution in [0.2, 0.25) is 0 Å². The summed E-state index contributed by atoms with van der Waals surface area (Å²) in [6.45, 7) is 13.5. The first-order valence-electron chi connectivity index (χ1n) is 19.2. The zero-order chi connectivity index (χ0) is 41.3. The van der Waals surface area contributed by atoms with Crippen molar-refractivity contribution in [1.29, 1.82) is 0 Å². The summed E-state index contributed by atoms with van der Waals surface area (Å²) in [5.41, 5.74) is -0.531. The van der Waals surface area contributed by atoms with Crippen LogP contribution in [0.3, 0.4) is 0 Å². The first-order valence-corrected chi connectivity index (χ1v) is 19.2. The SMILES string of the molecule is CN(C)CCOCCOCCOCCOCCOCCOCCOCCOCCOCCOCCOCCOCCOCCNc1ccc([N+](=O)[O-])cc1[N+](=O)[O-]. The molecule has 0 radical (unpaired) electrons. The third kappa shape index (κ3) is 35.0. The predicted octanol–water partition coefficient (Wildman–Crippen LogP) is 1.69. The molecule has 57 heavy (non-hydrogen) atoms. The molecule has 0 saturated carbocycles. The van der Waals surface area contributed by atoms with Crippen LogP contribution in [0, 0.1) is 20.2 Å². The van der Waals surface area contributed by atoms with Gasteiger partial charge in [0.25, 0.3) is 11.4 Å². The lowest BCUT2D eigenvalue weighted by Crippen LogP contribution is -2.19. The highest BCUT2D eigenvalue weighted by Crippen LogP contribution is 2.28. The van der Waals surface area contributed by atoms with Gasteiger partial charge in [0.15, 0.2) is 0 Å². The lowest BCUT2D eigenvalue weighted by Gasteiger charge is -2.10. The van der Waals surface area contributed by atoms with E-state index in [0.717, 1.165) is 12.6 Å². The highest BCUT2D eigenvalue weighted by molar-refractivity contribution is 5.65. The average molecular weight is 827 g/mol. The van der Waals surface area contributed by atoms with E-state index >= 15 is 0 Å². The van der Waals surface area contributed by atoms with E-state index in [1.165, 1.54) is 12.1 Å². The maximum Gasteiger partial charge on any atom is 0.299 e. The predicted molar refractivity (Wildman–Crippen MR) is 207 cm³/mol. The maximum atomic E-state index is 11.2. The zero-order valence-corrected chi connectivity index (χ0v) is 33.8. The topological polar surface area (TPSA) is 222 Å². The second-order valence-corrected chi connectivity index (χ2v) is 11.9. The van der Waals surface area contributed by atoms with Gasteiger partial charge in [0.05, 0.1) is 188 Å². The van der Waals surface area contributed by atoms with Crippen molar-refractivity contribution < 1.29 is 71.4 Å². The van der Waals surface area contributed by atoms with Gasteiger partial charge in [0.2, 0.25) is 0 Å². The Bertz CT molecular complexity index is 1080. The molecule has 0 unspecified atom stereocenters. The summed E-state index contributed by atoms with van der Waals surface area (Å²) in [6.07, 6.45) is 0. The van der Waals surface area contributed by atoms with Crippen LogP contribution in [0.4, 0.5) is 17.1 Å². The van der Waals surface area contributed by atoms with Crippen molar-refractivity contribution >= 4 is 17.1 Å². The van der Waals surface area contributed by atoms with Crippen molar-refractivity contribution in [1.82, 2.24) is 4.90 Å². The van der Waals surface area contributed by atoms with Crippen molar-refractivity contribution in [3.8, 4) is 0 Å². The monoisotopic (exact) mass is 826 g/mol. The molecule has 0 fully saturated rings. The first-order chi connectivity index (χ1) is 27.9. The van der Waals surface area contributed by atoms with Crippen LogP contribution >= 0.6 is 0 Å². The number of ether oxygens (including phenoxy) is 13. The lowest BCUT2D eigenvalue weighted by molar-refractivity contribution is -0.393. The Balaban J connectivity index is 1.68. The highest BCUT2D eigenvalue weighted by atomic mass is 16.6. The first kappa shape index (κ1) is 52.3. The number of nitrogens with zero attached hydrogens (tertiary/aromatic N) is 3. The number of non-ortho nitro benzene ring substituents is 1. The molecule has 0 aromatic heterocycles. The number of rotatable bonds is 45. The number of hydrogen-bond donors (Lipinski definition) is 1. The zero-order valence-electron chi connectivity index (χ0n) is 33.8. The molecule has 1 aromatic rings. The fourth-order valence-electron chi connectivity index (χ4n) is 4.18. The van der Waals surface area contributed by atoms with Crippen LogP contribution in [0.5, 0.6) is 0 Å². The average Bonchev–Trinajstić information content (AvgIpc) is 3.19. The number of benzene rings is 1. The Kier molecular flexibility index (Phi) is 36.7. The largest absolute Gasteiger partial charge is 0.378 e. The summed E-state index contributed by atoms with van der Waals surface area (Å²) in [5.74, 6) is 0. The molecule has 332 valence electrons. The smallest absolute Gasteiger partial charge is 0.299 e. The third-order valence-electron chi connectivity index (χ3n) is 7.10. The molecule has 0 saturated heterocycles. The van der Waals surface area contributed by atoms with Gasteiger partial charge in [0, 0.05) is 19.2 Å². The van der Waals surface area contributed by atoms with Gasteiger partial charge in [-0.1, -0.05) is 0 Å². The van der Waals surface area contributed by atoms with Crippen LogP contribution in [0.25, 0.3) is 0 Å². The van der Waals surface area contributed by atoms with Crippen molar-refractivity contribution in [2.24, 2.45) is 0 Å². The second-order valence-electron chi connectivity index (χ2n) is 11.9. The minimum atomic E-state index is -0.681. The molecule has 0 heterocycles. The van der Waals surface area contributed by atoms with E-state index in [-0.39, 0.29) is 30.2 Å². The molecule has 0 bridgehead atoms. The molecule has 1 rings (SSSR count). The molecule has 0 aliphatic heterocycles. The van der Waals surface area contributed by atoms with Gasteiger partial charge < -0.3 is 71.8 Å². The molecule has 0 aliphatic carbocycles. The molecule has 0 amide bonds. The van der Waals surface area contributed by atoms with E-state index in [9.17, 15) is 20.2 Å². The van der Waals surface area contributed by atoms with Crippen molar-refractivity contribution in [2.45, 2.75) is 0 Å². The van der Waals surface area contributed by atoms with Crippen LogP contribution in [0.15, 0.2) is 18.2 Å². The molecule has 1 N–H and O–H groups in total. The minimum Gasteiger partial charge on any atom is -0.378 e. The van der Waals surface area contributed by atoms with Gasteiger partial charge in [0.1, 0.15) is 5.69 Å². The quantitative estimate of drug-likeness (QED) is 0.0561. The van der Waals surface area contributed by atoms with Gasteiger partial charge in [-0.2, -0.15) is 0 Å². The normalized spacial score (nSPS) is 11.5. The molecular formula is C36H66N4O17. The second kappa shape index (κ2) is 40.1. The minimum absolute atomic E-state index is 0.184. The van der Waals surface area contributed by atoms with Gasteiger partial charge >= 0.3 is 0 Å². The van der Waals surface area contributed by atoms with Crippen LogP contribution in [-0.4, -0.2) is 214 Å². The maximum absolute atomic E-state index is 11.2. The summed E-state index contributed by atoms with van der Waals surface area (Å²) < 4.78 is 71.0. The number of anilines is 1. The Hall–Kier alpha value is -2.74. The Morgan fingerprint density at radius 1 is 0.439 bits per heavy atom. The van der Waals surface area contributed by atoms with Gasteiger partial charge in [-0.3, -0.25) is 20.2 Å². The fourth-order valence-corrected chi connectivity index (χ4v) is 4.18. The summed E-state index contributed by atoms with van der Waals surface area (Å²) >= 11 is 0. The highest BCUT2D eigenvalue weighted by Gasteiger charge is 2.19. The van der Waals surface area contributed by atoms with Gasteiger partial charge in [-0.25, -0.2) is 0 Å². The molecule has 21 nitrogen and oxygen atoms in total. The van der Waals surface area contributed by atoms with E-state index < -0.39 is 9.85 Å². The van der Waals surface area contributed by atoms with Crippen molar-refractivity contribution in [2.75, 3.05) is 204 Å². The fraction of sp³-hybridized carbons (Fsp3) is 0.833. The van der Waals surface area contributed by atoms with E-state index in [4.69, 9.17) is 61.6 Å². The molecule has 0 aliphatic rings. The Morgan fingerprint density at radius 2 is 0.719 bits per heavy atom. The summed E-state index contributed by atoms with van der Waals surface area (Å²) in [5, 5.41) is 24.8. The molecule has 21 heteroatoms. The van der Waals surface area contributed by atoms with Crippen LogP contribution < -0.4 is 5.32 Å². The molecule has 0 atom stereocenters. The summed E-state index contributed by atoms with van der Waals surface area (Å²) in [7, 11) is 4.03. The number of nitro benzene ring substituents is 2. The number of nitrogens with one attached hydrogen (secondary N) is 1. The molecule has 1 aromatic carbocycles. The third-order valence-corrected chi connectivity index (χ3v) is 7.10. The van der Waals surface area contributed by atoms with E-state index in [1.807, 2.05) is 14.1 Å². The van der Waals surface area contributed by atoms with Gasteiger partial charge in [-0.15, -0.1) is 0 Å². The standard InChI is InChI=1S/C36H66N4O17/c1-38(2)6-8-46-10-12-48-14-16-50-18-20-52-22-24-54-26-28-56-30-32-57-31-29-55-27-25-53-23-21-51-19-17-49-15-13-47-11-9-45-7-5-37-35-4-3-34(39(41)42)33-36(35)40(43)44/h3-4,33,37H,5-32H2,1-2H3. The van der Waals surface area contributed by atoms with E-state index in [2.05, 4.69) is 10.2 Å². The van der Waals surface area contributed by atoms with Crippen molar-refractivity contribution in [3.63, 3.8) is 0 Å². The van der Waals surface area contributed by atoms with Crippen LogP contribution in [-0.2, 0) is 61.6 Å². The summed E-state index contributed by atoms with van der Waals surface area (Å²) in [6, 6.07) is 3.43. The number of hydrogen-bond acceptors (Lipinski definition) is 19. The van der Waals surface area contributed by atoms with Crippen LogP contribution in [0.1, 0.15) is 0 Å². The lowest BCUT2D eigenvalue weighted by atomic mass is 10.2.